The molecule has 0 saturated carbocycles. The van der Waals surface area contributed by atoms with Crippen molar-refractivity contribution < 1.29 is 4.79 Å². The molecule has 4 heterocycles. The number of aryl methyl sites for hydroxylation is 1. The number of carbonyl (C=O) groups excluding carboxylic acids is 1. The van der Waals surface area contributed by atoms with Gasteiger partial charge in [-0.1, -0.05) is 11.6 Å². The molecule has 1 amide bonds. The van der Waals surface area contributed by atoms with Crippen molar-refractivity contribution in [2.45, 2.75) is 32.4 Å². The fourth-order valence-corrected chi connectivity index (χ4v) is 3.95. The molecule has 9 heteroatoms. The standard InChI is InChI=1S/C19H30N8O/c1-23-8-5-20-18(23)16-25-9-12-26(13-10-25)19(28)17-15-27(22-21-17)14-11-24-6-3-2-4-7-24/h5,8,15H,2-4,6-7,9-14,16H2,1H3. The summed E-state index contributed by atoms with van der Waals surface area (Å²) in [7, 11) is 2.01. The molecule has 2 aromatic heterocycles. The van der Waals surface area contributed by atoms with Gasteiger partial charge < -0.3 is 14.4 Å². The first-order chi connectivity index (χ1) is 13.7. The third-order valence-corrected chi connectivity index (χ3v) is 5.80. The molecule has 152 valence electrons. The SMILES string of the molecule is Cn1ccnc1CN1CCN(C(=O)c2cn(CCN3CCCCC3)nn2)CC1. The zero-order valence-corrected chi connectivity index (χ0v) is 16.7. The van der Waals surface area contributed by atoms with Gasteiger partial charge in [-0.2, -0.15) is 0 Å². The molecule has 2 aliphatic rings. The topological polar surface area (TPSA) is 75.3 Å². The number of hydrogen-bond donors (Lipinski definition) is 0. The Morgan fingerprint density at radius 1 is 1.00 bits per heavy atom. The fraction of sp³-hybridized carbons (Fsp3) is 0.684. The molecule has 4 rings (SSSR count). The number of imidazole rings is 1. The fourth-order valence-electron chi connectivity index (χ4n) is 3.95. The highest BCUT2D eigenvalue weighted by atomic mass is 16.2. The maximum absolute atomic E-state index is 12.8. The van der Waals surface area contributed by atoms with Gasteiger partial charge in [0.05, 0.1) is 19.3 Å². The summed E-state index contributed by atoms with van der Waals surface area (Å²) in [6.07, 6.45) is 9.49. The van der Waals surface area contributed by atoms with Crippen LogP contribution in [-0.2, 0) is 20.1 Å². The van der Waals surface area contributed by atoms with E-state index >= 15 is 0 Å². The molecule has 0 N–H and O–H groups in total. The van der Waals surface area contributed by atoms with Gasteiger partial charge in [0.1, 0.15) is 5.82 Å². The maximum Gasteiger partial charge on any atom is 0.276 e. The van der Waals surface area contributed by atoms with Gasteiger partial charge in [-0.25, -0.2) is 4.98 Å². The van der Waals surface area contributed by atoms with Crippen LogP contribution in [0.5, 0.6) is 0 Å². The molecule has 0 unspecified atom stereocenters. The molecular weight excluding hydrogens is 356 g/mol. The second-order valence-corrected chi connectivity index (χ2v) is 7.79. The summed E-state index contributed by atoms with van der Waals surface area (Å²) in [6, 6.07) is 0. The molecule has 0 aromatic carbocycles. The van der Waals surface area contributed by atoms with E-state index in [1.807, 2.05) is 28.9 Å². The Morgan fingerprint density at radius 3 is 2.50 bits per heavy atom. The molecule has 9 nitrogen and oxygen atoms in total. The molecule has 2 aromatic rings. The zero-order chi connectivity index (χ0) is 19.3. The third-order valence-electron chi connectivity index (χ3n) is 5.80. The quantitative estimate of drug-likeness (QED) is 0.718. The van der Waals surface area contributed by atoms with Crippen LogP contribution in [0.3, 0.4) is 0 Å². The molecule has 0 radical (unpaired) electrons. The molecular formula is C19H30N8O. The summed E-state index contributed by atoms with van der Waals surface area (Å²) >= 11 is 0. The molecule has 2 aliphatic heterocycles. The minimum absolute atomic E-state index is 0.0131. The van der Waals surface area contributed by atoms with Crippen molar-refractivity contribution in [3.8, 4) is 0 Å². The van der Waals surface area contributed by atoms with E-state index in [1.165, 1.54) is 32.4 Å². The summed E-state index contributed by atoms with van der Waals surface area (Å²) in [5.41, 5.74) is 0.455. The lowest BCUT2D eigenvalue weighted by atomic mass is 10.1. The van der Waals surface area contributed by atoms with Crippen LogP contribution in [-0.4, -0.2) is 91.0 Å². The first kappa shape index (κ1) is 19.1. The normalized spacial score (nSPS) is 19.2. The molecule has 2 fully saturated rings. The van der Waals surface area contributed by atoms with Crippen molar-refractivity contribution in [2.24, 2.45) is 7.05 Å². The highest BCUT2D eigenvalue weighted by Gasteiger charge is 2.24. The minimum atomic E-state index is -0.0131. The number of nitrogens with zero attached hydrogens (tertiary/aromatic N) is 8. The third kappa shape index (κ3) is 4.59. The van der Waals surface area contributed by atoms with Gasteiger partial charge in [-0.15, -0.1) is 5.10 Å². The van der Waals surface area contributed by atoms with Crippen LogP contribution < -0.4 is 0 Å². The summed E-state index contributed by atoms with van der Waals surface area (Å²) in [6.45, 7) is 8.04. The average molecular weight is 387 g/mol. The highest BCUT2D eigenvalue weighted by Crippen LogP contribution is 2.11. The van der Waals surface area contributed by atoms with E-state index in [0.29, 0.717) is 18.8 Å². The number of piperazine rings is 1. The molecule has 0 spiro atoms. The van der Waals surface area contributed by atoms with Gasteiger partial charge in [0.15, 0.2) is 5.69 Å². The lowest BCUT2D eigenvalue weighted by Crippen LogP contribution is -2.48. The Kier molecular flexibility index (Phi) is 6.01. The van der Waals surface area contributed by atoms with Crippen molar-refractivity contribution in [3.05, 3.63) is 30.1 Å². The second-order valence-electron chi connectivity index (χ2n) is 7.79. The summed E-state index contributed by atoms with van der Waals surface area (Å²) < 4.78 is 3.85. The van der Waals surface area contributed by atoms with Crippen LogP contribution in [0.25, 0.3) is 0 Å². The Balaban J connectivity index is 1.25. The van der Waals surface area contributed by atoms with Gasteiger partial charge in [0.25, 0.3) is 5.91 Å². The number of likely N-dealkylation sites (tertiary alicyclic amines) is 1. The minimum Gasteiger partial charge on any atom is -0.337 e. The first-order valence-corrected chi connectivity index (χ1v) is 10.3. The van der Waals surface area contributed by atoms with Crippen LogP contribution in [0.4, 0.5) is 0 Å². The summed E-state index contributed by atoms with van der Waals surface area (Å²) in [5, 5.41) is 8.28. The lowest BCUT2D eigenvalue weighted by Gasteiger charge is -2.34. The van der Waals surface area contributed by atoms with Gasteiger partial charge in [-0.05, 0) is 25.9 Å². The van der Waals surface area contributed by atoms with Gasteiger partial charge in [0, 0.05) is 52.2 Å². The molecule has 28 heavy (non-hydrogen) atoms. The molecule has 0 bridgehead atoms. The molecule has 0 atom stereocenters. The Labute approximate surface area is 165 Å². The summed E-state index contributed by atoms with van der Waals surface area (Å²) in [4.78, 5) is 23.8. The van der Waals surface area contributed by atoms with E-state index in [1.54, 1.807) is 10.9 Å². The van der Waals surface area contributed by atoms with Crippen LogP contribution in [0.1, 0.15) is 35.6 Å². The largest absolute Gasteiger partial charge is 0.337 e. The number of carbonyl (C=O) groups is 1. The Hall–Kier alpha value is -2.26. The number of amides is 1. The molecule has 0 aliphatic carbocycles. The predicted molar refractivity (Wildman–Crippen MR) is 105 cm³/mol. The van der Waals surface area contributed by atoms with E-state index in [-0.39, 0.29) is 5.91 Å². The zero-order valence-electron chi connectivity index (χ0n) is 16.7. The van der Waals surface area contributed by atoms with Crippen molar-refractivity contribution in [1.29, 1.82) is 0 Å². The van der Waals surface area contributed by atoms with Crippen LogP contribution >= 0.6 is 0 Å². The lowest BCUT2D eigenvalue weighted by molar-refractivity contribution is 0.0618. The monoisotopic (exact) mass is 386 g/mol. The van der Waals surface area contributed by atoms with Crippen LogP contribution in [0.2, 0.25) is 0 Å². The smallest absolute Gasteiger partial charge is 0.276 e. The van der Waals surface area contributed by atoms with Crippen LogP contribution in [0, 0.1) is 0 Å². The van der Waals surface area contributed by atoms with Crippen LogP contribution in [0.15, 0.2) is 18.6 Å². The van der Waals surface area contributed by atoms with Gasteiger partial charge in [-0.3, -0.25) is 14.4 Å². The number of aromatic nitrogens is 5. The first-order valence-electron chi connectivity index (χ1n) is 10.3. The number of piperidine rings is 1. The van der Waals surface area contributed by atoms with Crippen molar-refractivity contribution in [1.82, 2.24) is 39.2 Å². The maximum atomic E-state index is 12.8. The number of hydrogen-bond acceptors (Lipinski definition) is 6. The number of rotatable bonds is 6. The van der Waals surface area contributed by atoms with E-state index < -0.39 is 0 Å². The van der Waals surface area contributed by atoms with E-state index in [9.17, 15) is 4.79 Å². The molecule has 2 saturated heterocycles. The van der Waals surface area contributed by atoms with Gasteiger partial charge >= 0.3 is 0 Å². The second kappa shape index (κ2) is 8.83. The highest BCUT2D eigenvalue weighted by molar-refractivity contribution is 5.92. The Morgan fingerprint density at radius 2 is 1.79 bits per heavy atom. The van der Waals surface area contributed by atoms with Crippen molar-refractivity contribution >= 4 is 5.91 Å². The van der Waals surface area contributed by atoms with Gasteiger partial charge in [0.2, 0.25) is 0 Å². The average Bonchev–Trinajstić information content (AvgIpc) is 3.37. The summed E-state index contributed by atoms with van der Waals surface area (Å²) in [5.74, 6) is 1.04. The van der Waals surface area contributed by atoms with Crippen molar-refractivity contribution in [2.75, 3.05) is 45.8 Å². The van der Waals surface area contributed by atoms with E-state index in [2.05, 4.69) is 25.1 Å². The predicted octanol–water partition coefficient (Wildman–Crippen LogP) is 0.456. The Bertz CT molecular complexity index is 771. The van der Waals surface area contributed by atoms with E-state index in [0.717, 1.165) is 38.5 Å². The van der Waals surface area contributed by atoms with Crippen molar-refractivity contribution in [3.63, 3.8) is 0 Å². The van der Waals surface area contributed by atoms with E-state index in [4.69, 9.17) is 0 Å².